The van der Waals surface area contributed by atoms with E-state index in [9.17, 15) is 4.79 Å². The molecule has 1 aromatic heterocycles. The summed E-state index contributed by atoms with van der Waals surface area (Å²) in [6.45, 7) is 0.142. The molecule has 6 nitrogen and oxygen atoms in total. The molecule has 0 spiro atoms. The molecule has 0 atom stereocenters. The highest BCUT2D eigenvalue weighted by Gasteiger charge is 2.07. The Morgan fingerprint density at radius 3 is 2.62 bits per heavy atom. The molecule has 2 aromatic carbocycles. The second-order valence-corrected chi connectivity index (χ2v) is 5.08. The predicted octanol–water partition coefficient (Wildman–Crippen LogP) is 3.83. The van der Waals surface area contributed by atoms with Crippen molar-refractivity contribution in [2.45, 2.75) is 6.61 Å². The molecule has 0 aliphatic heterocycles. The average molecular weight is 323 g/mol. The van der Waals surface area contributed by atoms with E-state index in [0.29, 0.717) is 11.4 Å². The molecule has 0 aliphatic rings. The highest BCUT2D eigenvalue weighted by Crippen LogP contribution is 2.21. The van der Waals surface area contributed by atoms with Gasteiger partial charge in [-0.05, 0) is 23.8 Å². The molecule has 0 aliphatic carbocycles. The third-order valence-electron chi connectivity index (χ3n) is 3.51. The first kappa shape index (κ1) is 15.6. The number of hydrogen-bond donors (Lipinski definition) is 2. The van der Waals surface area contributed by atoms with E-state index in [1.807, 2.05) is 54.7 Å². The number of rotatable bonds is 5. The molecule has 0 saturated carbocycles. The van der Waals surface area contributed by atoms with Crippen LogP contribution in [0.1, 0.15) is 5.56 Å². The van der Waals surface area contributed by atoms with Gasteiger partial charge in [-0.2, -0.15) is 5.10 Å². The summed E-state index contributed by atoms with van der Waals surface area (Å²) in [5.41, 5.74) is 3.47. The van der Waals surface area contributed by atoms with Gasteiger partial charge < -0.3 is 9.47 Å². The van der Waals surface area contributed by atoms with Gasteiger partial charge in [-0.15, -0.1) is 0 Å². The van der Waals surface area contributed by atoms with Crippen LogP contribution in [-0.4, -0.2) is 23.4 Å². The minimum absolute atomic E-state index is 0.142. The van der Waals surface area contributed by atoms with Crippen molar-refractivity contribution in [3.8, 4) is 16.9 Å². The van der Waals surface area contributed by atoms with Gasteiger partial charge in [-0.25, -0.2) is 4.79 Å². The van der Waals surface area contributed by atoms with Gasteiger partial charge in [-0.1, -0.05) is 30.3 Å². The van der Waals surface area contributed by atoms with Crippen LogP contribution in [0.2, 0.25) is 0 Å². The monoisotopic (exact) mass is 323 g/mol. The molecular formula is C18H17N3O3. The third kappa shape index (κ3) is 3.73. The lowest BCUT2D eigenvalue weighted by atomic mass is 10.1. The molecule has 3 rings (SSSR count). The van der Waals surface area contributed by atoms with Crippen molar-refractivity contribution >= 4 is 11.8 Å². The minimum atomic E-state index is -0.517. The first-order valence-electron chi connectivity index (χ1n) is 7.41. The summed E-state index contributed by atoms with van der Waals surface area (Å²) in [6.07, 6.45) is 3.03. The van der Waals surface area contributed by atoms with Crippen LogP contribution in [0.4, 0.5) is 10.5 Å². The Hall–Kier alpha value is -3.28. The van der Waals surface area contributed by atoms with Crippen LogP contribution >= 0.6 is 0 Å². The summed E-state index contributed by atoms with van der Waals surface area (Å²) < 4.78 is 10.5. The molecule has 24 heavy (non-hydrogen) atoms. The Morgan fingerprint density at radius 1 is 1.12 bits per heavy atom. The molecule has 0 fully saturated rings. The average Bonchev–Trinajstić information content (AvgIpc) is 3.15. The zero-order chi connectivity index (χ0) is 16.8. The topological polar surface area (TPSA) is 76.2 Å². The van der Waals surface area contributed by atoms with Crippen LogP contribution in [0.5, 0.6) is 5.75 Å². The largest absolute Gasteiger partial charge is 0.496 e. The Balaban J connectivity index is 1.57. The first-order valence-corrected chi connectivity index (χ1v) is 7.41. The van der Waals surface area contributed by atoms with Gasteiger partial charge in [0.15, 0.2) is 0 Å². The van der Waals surface area contributed by atoms with Gasteiger partial charge in [0.1, 0.15) is 12.4 Å². The van der Waals surface area contributed by atoms with E-state index in [0.717, 1.165) is 16.7 Å². The lowest BCUT2D eigenvalue weighted by Gasteiger charge is -2.10. The molecule has 0 bridgehead atoms. The number of benzene rings is 2. The molecule has 6 heteroatoms. The third-order valence-corrected chi connectivity index (χ3v) is 3.51. The van der Waals surface area contributed by atoms with E-state index >= 15 is 0 Å². The van der Waals surface area contributed by atoms with Crippen LogP contribution in [-0.2, 0) is 11.3 Å². The molecule has 2 N–H and O–H groups in total. The first-order chi connectivity index (χ1) is 11.8. The van der Waals surface area contributed by atoms with Crippen LogP contribution in [0.15, 0.2) is 60.9 Å². The van der Waals surface area contributed by atoms with E-state index in [-0.39, 0.29) is 6.61 Å². The zero-order valence-electron chi connectivity index (χ0n) is 13.2. The second-order valence-electron chi connectivity index (χ2n) is 5.08. The van der Waals surface area contributed by atoms with Crippen molar-refractivity contribution in [1.29, 1.82) is 0 Å². The molecular weight excluding hydrogens is 306 g/mol. The Labute approximate surface area is 139 Å². The summed E-state index contributed by atoms with van der Waals surface area (Å²) in [5.74, 6) is 0.690. The number of aromatic amines is 1. The zero-order valence-corrected chi connectivity index (χ0v) is 13.2. The molecule has 1 heterocycles. The number of anilines is 1. The molecule has 0 radical (unpaired) electrons. The van der Waals surface area contributed by atoms with Gasteiger partial charge >= 0.3 is 6.09 Å². The normalized spacial score (nSPS) is 10.2. The fourth-order valence-electron chi connectivity index (χ4n) is 2.27. The van der Waals surface area contributed by atoms with E-state index < -0.39 is 6.09 Å². The number of hydrogen-bond acceptors (Lipinski definition) is 4. The summed E-state index contributed by atoms with van der Waals surface area (Å²) in [7, 11) is 1.58. The van der Waals surface area contributed by atoms with Crippen LogP contribution in [0, 0.1) is 0 Å². The van der Waals surface area contributed by atoms with Gasteiger partial charge in [-0.3, -0.25) is 10.4 Å². The smallest absolute Gasteiger partial charge is 0.411 e. The van der Waals surface area contributed by atoms with Crippen molar-refractivity contribution in [2.24, 2.45) is 0 Å². The quantitative estimate of drug-likeness (QED) is 0.748. The van der Waals surface area contributed by atoms with Gasteiger partial charge in [0.25, 0.3) is 0 Å². The van der Waals surface area contributed by atoms with Crippen molar-refractivity contribution in [3.63, 3.8) is 0 Å². The number of carbonyl (C=O) groups is 1. The molecule has 1 amide bonds. The standard InChI is InChI=1S/C18H17N3O3/c1-23-17-5-3-2-4-14(17)12-24-18(22)21-16-8-6-13(7-9-16)15-10-19-20-11-15/h2-11H,12H2,1H3,(H,19,20)(H,21,22). The predicted molar refractivity (Wildman–Crippen MR) is 90.8 cm³/mol. The van der Waals surface area contributed by atoms with Crippen LogP contribution in [0.3, 0.4) is 0 Å². The van der Waals surface area contributed by atoms with Gasteiger partial charge in [0.05, 0.1) is 13.3 Å². The molecule has 0 unspecified atom stereocenters. The number of carbonyl (C=O) groups excluding carboxylic acids is 1. The number of ether oxygens (including phenoxy) is 2. The summed E-state index contributed by atoms with van der Waals surface area (Å²) in [5, 5.41) is 9.38. The highest BCUT2D eigenvalue weighted by molar-refractivity contribution is 5.85. The van der Waals surface area contributed by atoms with E-state index in [4.69, 9.17) is 9.47 Å². The summed E-state index contributed by atoms with van der Waals surface area (Å²) >= 11 is 0. The number of amides is 1. The maximum absolute atomic E-state index is 11.9. The van der Waals surface area contributed by atoms with Gasteiger partial charge in [0, 0.05) is 23.0 Å². The SMILES string of the molecule is COc1ccccc1COC(=O)Nc1ccc(-c2cn[nH]c2)cc1. The van der Waals surface area contributed by atoms with Crippen molar-refractivity contribution < 1.29 is 14.3 Å². The number of para-hydroxylation sites is 1. The Bertz CT molecular complexity index is 799. The fraction of sp³-hybridized carbons (Fsp3) is 0.111. The fourth-order valence-corrected chi connectivity index (χ4v) is 2.27. The maximum atomic E-state index is 11.9. The minimum Gasteiger partial charge on any atom is -0.496 e. The summed E-state index contributed by atoms with van der Waals surface area (Å²) in [4.78, 5) is 11.9. The van der Waals surface area contributed by atoms with Crippen molar-refractivity contribution in [1.82, 2.24) is 10.2 Å². The molecule has 0 saturated heterocycles. The van der Waals surface area contributed by atoms with Crippen LogP contribution < -0.4 is 10.1 Å². The lowest BCUT2D eigenvalue weighted by molar-refractivity contribution is 0.154. The highest BCUT2D eigenvalue weighted by atomic mass is 16.5. The second kappa shape index (κ2) is 7.32. The summed E-state index contributed by atoms with van der Waals surface area (Å²) in [6, 6.07) is 14.8. The number of nitrogens with zero attached hydrogens (tertiary/aromatic N) is 1. The van der Waals surface area contributed by atoms with Crippen molar-refractivity contribution in [2.75, 3.05) is 12.4 Å². The number of nitrogens with one attached hydrogen (secondary N) is 2. The maximum Gasteiger partial charge on any atom is 0.411 e. The van der Waals surface area contributed by atoms with E-state index in [1.165, 1.54) is 0 Å². The number of methoxy groups -OCH3 is 1. The number of aromatic nitrogens is 2. The molecule has 3 aromatic rings. The van der Waals surface area contributed by atoms with E-state index in [2.05, 4.69) is 15.5 Å². The molecule has 122 valence electrons. The Kier molecular flexibility index (Phi) is 4.76. The number of H-pyrrole nitrogens is 1. The van der Waals surface area contributed by atoms with Crippen molar-refractivity contribution in [3.05, 3.63) is 66.5 Å². The van der Waals surface area contributed by atoms with E-state index in [1.54, 1.807) is 13.3 Å². The van der Waals surface area contributed by atoms with Gasteiger partial charge in [0.2, 0.25) is 0 Å². The Morgan fingerprint density at radius 2 is 1.92 bits per heavy atom. The lowest BCUT2D eigenvalue weighted by Crippen LogP contribution is -2.13. The van der Waals surface area contributed by atoms with Crippen LogP contribution in [0.25, 0.3) is 11.1 Å².